The van der Waals surface area contributed by atoms with Gasteiger partial charge in [0.1, 0.15) is 5.69 Å². The number of pyridine rings is 3. The summed E-state index contributed by atoms with van der Waals surface area (Å²) in [7, 11) is 0. The minimum Gasteiger partial charge on any atom is -0.247 e. The molecule has 0 atom stereocenters. The number of rotatable bonds is 4. The smallest absolute Gasteiger partial charge is 0.178 e. The topological polar surface area (TPSA) is 64.5 Å². The van der Waals surface area contributed by atoms with E-state index >= 15 is 0 Å². The van der Waals surface area contributed by atoms with E-state index in [1.165, 1.54) is 30.9 Å². The summed E-state index contributed by atoms with van der Waals surface area (Å²) in [5, 5.41) is 8.24. The van der Waals surface area contributed by atoms with Crippen molar-refractivity contribution in [1.82, 2.24) is 24.9 Å². The Bertz CT molecular complexity index is 3230. The van der Waals surface area contributed by atoms with Gasteiger partial charge in [-0.1, -0.05) is 127 Å². The third-order valence-electron chi connectivity index (χ3n) is 10.1. The molecule has 11 aromatic rings. The van der Waals surface area contributed by atoms with Crippen LogP contribution in [0.25, 0.3) is 109 Å². The SMILES string of the molecule is c1ccc(-c2ccc3ccc4ccc(-c5nccc(-c6ccc(-c7nc8ccccc8c8c7ccc7c9ccccc9sc78)cc6)n5)nc4c3n2)cc1. The van der Waals surface area contributed by atoms with Crippen LogP contribution in [0.1, 0.15) is 0 Å². The van der Waals surface area contributed by atoms with Crippen molar-refractivity contribution < 1.29 is 0 Å². The van der Waals surface area contributed by atoms with Gasteiger partial charge in [0, 0.05) is 70.0 Å². The van der Waals surface area contributed by atoms with E-state index in [1.54, 1.807) is 6.20 Å². The molecule has 0 saturated heterocycles. The molecule has 0 unspecified atom stereocenters. The average Bonchev–Trinajstić information content (AvgIpc) is 3.62. The maximum atomic E-state index is 5.23. The fraction of sp³-hybridized carbons (Fsp3) is 0. The van der Waals surface area contributed by atoms with Gasteiger partial charge in [-0.25, -0.2) is 24.9 Å². The highest BCUT2D eigenvalue weighted by Crippen LogP contribution is 2.43. The highest BCUT2D eigenvalue weighted by Gasteiger charge is 2.17. The van der Waals surface area contributed by atoms with Crippen LogP contribution in [0.4, 0.5) is 0 Å². The highest BCUT2D eigenvalue weighted by molar-refractivity contribution is 7.26. The molecule has 5 heterocycles. The summed E-state index contributed by atoms with van der Waals surface area (Å²) in [4.78, 5) is 25.0. The molecule has 0 radical (unpaired) electrons. The second kappa shape index (κ2) is 11.8. The number of hydrogen-bond acceptors (Lipinski definition) is 6. The molecule has 5 aromatic heterocycles. The maximum absolute atomic E-state index is 5.23. The van der Waals surface area contributed by atoms with E-state index in [4.69, 9.17) is 19.9 Å². The Hall–Kier alpha value is -6.89. The van der Waals surface area contributed by atoms with E-state index in [0.717, 1.165) is 66.5 Å². The lowest BCUT2D eigenvalue weighted by molar-refractivity contribution is 1.15. The largest absolute Gasteiger partial charge is 0.247 e. The van der Waals surface area contributed by atoms with Crippen molar-refractivity contribution in [3.8, 4) is 45.3 Å². The first-order valence-electron chi connectivity index (χ1n) is 17.6. The summed E-state index contributed by atoms with van der Waals surface area (Å²) in [6, 6.07) is 54.8. The third-order valence-corrected chi connectivity index (χ3v) is 11.3. The van der Waals surface area contributed by atoms with Gasteiger partial charge in [-0.15, -0.1) is 11.3 Å². The van der Waals surface area contributed by atoms with Gasteiger partial charge < -0.3 is 0 Å². The lowest BCUT2D eigenvalue weighted by Crippen LogP contribution is -1.95. The Kier molecular flexibility index (Phi) is 6.66. The highest BCUT2D eigenvalue weighted by atomic mass is 32.1. The van der Waals surface area contributed by atoms with Crippen LogP contribution < -0.4 is 0 Å². The monoisotopic (exact) mass is 693 g/mol. The molecule has 6 aromatic carbocycles. The van der Waals surface area contributed by atoms with E-state index in [2.05, 4.69) is 132 Å². The molecule has 6 heteroatoms. The standard InChI is InChI=1S/C47H27N5S/c1-2-8-28(9-3-1)37-24-20-31-18-19-32-21-25-40(51-45(32)44(31)49-37)47-48-27-26-38(52-47)29-14-16-30(17-15-29)43-36-23-22-34-33-10-5-7-13-41(33)53-46(34)42(36)35-11-4-6-12-39(35)50-43/h1-27H. The van der Waals surface area contributed by atoms with Crippen molar-refractivity contribution in [2.75, 3.05) is 0 Å². The minimum absolute atomic E-state index is 0.569. The Morgan fingerprint density at radius 2 is 1.02 bits per heavy atom. The van der Waals surface area contributed by atoms with Gasteiger partial charge in [-0.05, 0) is 30.3 Å². The molecule has 11 rings (SSSR count). The summed E-state index contributed by atoms with van der Waals surface area (Å²) in [5.74, 6) is 0.569. The van der Waals surface area contributed by atoms with Crippen LogP contribution >= 0.6 is 11.3 Å². The quantitative estimate of drug-likeness (QED) is 0.172. The molecule has 0 aliphatic rings. The van der Waals surface area contributed by atoms with E-state index in [9.17, 15) is 0 Å². The fourth-order valence-electron chi connectivity index (χ4n) is 7.54. The minimum atomic E-state index is 0.569. The lowest BCUT2D eigenvalue weighted by Gasteiger charge is -2.12. The second-order valence-electron chi connectivity index (χ2n) is 13.3. The van der Waals surface area contributed by atoms with Crippen LogP contribution in [0.2, 0.25) is 0 Å². The zero-order valence-electron chi connectivity index (χ0n) is 28.2. The Morgan fingerprint density at radius 3 is 1.85 bits per heavy atom. The van der Waals surface area contributed by atoms with Crippen molar-refractivity contribution in [3.63, 3.8) is 0 Å². The van der Waals surface area contributed by atoms with Crippen LogP contribution in [0.15, 0.2) is 164 Å². The number of benzene rings is 6. The summed E-state index contributed by atoms with van der Waals surface area (Å²) in [6.07, 6.45) is 1.81. The second-order valence-corrected chi connectivity index (χ2v) is 14.3. The fourth-order valence-corrected chi connectivity index (χ4v) is 8.80. The van der Waals surface area contributed by atoms with Gasteiger partial charge in [-0.3, -0.25) is 0 Å². The predicted molar refractivity (Wildman–Crippen MR) is 220 cm³/mol. The number of fused-ring (bicyclic) bond motifs is 10. The van der Waals surface area contributed by atoms with Gasteiger partial charge in [0.2, 0.25) is 0 Å². The zero-order valence-corrected chi connectivity index (χ0v) is 29.0. The molecule has 246 valence electrons. The van der Waals surface area contributed by atoms with Crippen LogP contribution in [-0.2, 0) is 0 Å². The van der Waals surface area contributed by atoms with Crippen LogP contribution in [0, 0.1) is 0 Å². The molecule has 0 amide bonds. The molecule has 0 aliphatic carbocycles. The maximum Gasteiger partial charge on any atom is 0.178 e. The molecule has 0 aliphatic heterocycles. The zero-order chi connectivity index (χ0) is 34.9. The predicted octanol–water partition coefficient (Wildman–Crippen LogP) is 12.3. The summed E-state index contributed by atoms with van der Waals surface area (Å²) < 4.78 is 2.60. The Morgan fingerprint density at radius 1 is 0.396 bits per heavy atom. The van der Waals surface area contributed by atoms with Gasteiger partial charge in [0.05, 0.1) is 33.6 Å². The molecule has 53 heavy (non-hydrogen) atoms. The average molecular weight is 694 g/mol. The van der Waals surface area contributed by atoms with E-state index < -0.39 is 0 Å². The van der Waals surface area contributed by atoms with Crippen molar-refractivity contribution in [2.24, 2.45) is 0 Å². The molecule has 5 nitrogen and oxygen atoms in total. The van der Waals surface area contributed by atoms with Crippen LogP contribution in [-0.4, -0.2) is 24.9 Å². The number of thiophene rings is 1. The molecule has 0 spiro atoms. The Balaban J connectivity index is 0.990. The summed E-state index contributed by atoms with van der Waals surface area (Å²) >= 11 is 1.86. The van der Waals surface area contributed by atoms with Crippen molar-refractivity contribution in [1.29, 1.82) is 0 Å². The number of nitrogens with zero attached hydrogens (tertiary/aromatic N) is 5. The van der Waals surface area contributed by atoms with Gasteiger partial charge in [0.25, 0.3) is 0 Å². The van der Waals surface area contributed by atoms with Crippen molar-refractivity contribution in [3.05, 3.63) is 164 Å². The molecular formula is C47H27N5S. The molecule has 0 saturated carbocycles. The van der Waals surface area contributed by atoms with E-state index in [0.29, 0.717) is 11.5 Å². The molecule has 0 bridgehead atoms. The van der Waals surface area contributed by atoms with Gasteiger partial charge in [-0.2, -0.15) is 0 Å². The van der Waals surface area contributed by atoms with Gasteiger partial charge >= 0.3 is 0 Å². The molecular weight excluding hydrogens is 667 g/mol. The number of aromatic nitrogens is 5. The number of para-hydroxylation sites is 1. The van der Waals surface area contributed by atoms with Crippen LogP contribution in [0.5, 0.6) is 0 Å². The molecule has 0 N–H and O–H groups in total. The molecule has 0 fully saturated rings. The van der Waals surface area contributed by atoms with Crippen molar-refractivity contribution >= 4 is 75.0 Å². The van der Waals surface area contributed by atoms with Crippen molar-refractivity contribution in [2.45, 2.75) is 0 Å². The third kappa shape index (κ3) is 4.88. The van der Waals surface area contributed by atoms with E-state index in [1.807, 2.05) is 41.7 Å². The van der Waals surface area contributed by atoms with Crippen LogP contribution in [0.3, 0.4) is 0 Å². The van der Waals surface area contributed by atoms with E-state index in [-0.39, 0.29) is 0 Å². The van der Waals surface area contributed by atoms with Gasteiger partial charge in [0.15, 0.2) is 5.82 Å². The summed E-state index contributed by atoms with van der Waals surface area (Å²) in [5.41, 5.74) is 9.24. The number of hydrogen-bond donors (Lipinski definition) is 0. The first-order chi connectivity index (χ1) is 26.2. The normalized spacial score (nSPS) is 11.8. The first kappa shape index (κ1) is 29.8. The lowest BCUT2D eigenvalue weighted by atomic mass is 9.97. The summed E-state index contributed by atoms with van der Waals surface area (Å²) in [6.45, 7) is 0. The first-order valence-corrected chi connectivity index (χ1v) is 18.4. The Labute approximate surface area is 307 Å².